The molecule has 2 fully saturated rings. The van der Waals surface area contributed by atoms with E-state index < -0.39 is 28.9 Å². The van der Waals surface area contributed by atoms with Gasteiger partial charge in [0.05, 0.1) is 5.56 Å². The van der Waals surface area contributed by atoms with Gasteiger partial charge < -0.3 is 10.2 Å². The Balaban J connectivity index is 0.00000161. The molecule has 2 heterocycles. The van der Waals surface area contributed by atoms with Gasteiger partial charge in [-0.3, -0.25) is 4.79 Å². The summed E-state index contributed by atoms with van der Waals surface area (Å²) < 4.78 is 39.8. The molecule has 0 bridgehead atoms. The molecule has 2 aliphatic heterocycles. The Labute approximate surface area is 126 Å². The first-order valence-corrected chi connectivity index (χ1v) is 6.71. The lowest BCUT2D eigenvalue weighted by molar-refractivity contribution is 0.0636. The molecule has 1 amide bonds. The quantitative estimate of drug-likeness (QED) is 0.805. The fraction of sp³-hybridized carbons (Fsp3) is 0.500. The highest BCUT2D eigenvalue weighted by atomic mass is 35.5. The number of fused-ring (bicyclic) bond motifs is 1. The number of nitrogens with one attached hydrogen (secondary N) is 1. The van der Waals surface area contributed by atoms with Crippen LogP contribution in [0.25, 0.3) is 0 Å². The van der Waals surface area contributed by atoms with Crippen LogP contribution in [0.5, 0.6) is 0 Å². The first-order chi connectivity index (χ1) is 9.58. The molecule has 21 heavy (non-hydrogen) atoms. The lowest BCUT2D eigenvalue weighted by Gasteiger charge is -2.34. The second-order valence-corrected chi connectivity index (χ2v) is 5.44. The molecule has 2 unspecified atom stereocenters. The van der Waals surface area contributed by atoms with Gasteiger partial charge in [-0.05, 0) is 43.5 Å². The predicted octanol–water partition coefficient (Wildman–Crippen LogP) is 2.21. The third-order valence-electron chi connectivity index (χ3n) is 4.26. The zero-order chi connectivity index (χ0) is 14.3. The summed E-state index contributed by atoms with van der Waals surface area (Å²) in [6, 6.07) is 1.80. The summed E-state index contributed by atoms with van der Waals surface area (Å²) in [6.07, 6.45) is 0.856. The average Bonchev–Trinajstić information content (AvgIpc) is 2.91. The fourth-order valence-electron chi connectivity index (χ4n) is 3.08. The second kappa shape index (κ2) is 6.23. The Morgan fingerprint density at radius 3 is 2.62 bits per heavy atom. The predicted molar refractivity (Wildman–Crippen MR) is 73.9 cm³/mol. The van der Waals surface area contributed by atoms with E-state index in [1.165, 1.54) is 4.90 Å². The molecule has 1 aromatic rings. The standard InChI is InChI=1S/C14H15F3N2O.ClH/c15-11-2-1-10(12(16)13(11)17)14(20)19-4-3-8-5-18-6-9(8)7-19;/h1-2,8-9,18H,3-7H2;1H. The molecule has 2 atom stereocenters. The second-order valence-electron chi connectivity index (χ2n) is 5.44. The summed E-state index contributed by atoms with van der Waals surface area (Å²) in [4.78, 5) is 13.8. The number of carbonyl (C=O) groups excluding carboxylic acids is 1. The number of benzene rings is 1. The minimum Gasteiger partial charge on any atom is -0.338 e. The molecular weight excluding hydrogens is 305 g/mol. The number of rotatable bonds is 1. The van der Waals surface area contributed by atoms with Crippen LogP contribution in [0.2, 0.25) is 0 Å². The van der Waals surface area contributed by atoms with Crippen LogP contribution in [-0.4, -0.2) is 37.0 Å². The van der Waals surface area contributed by atoms with E-state index >= 15 is 0 Å². The van der Waals surface area contributed by atoms with Crippen LogP contribution in [0.3, 0.4) is 0 Å². The molecule has 7 heteroatoms. The topological polar surface area (TPSA) is 32.3 Å². The summed E-state index contributed by atoms with van der Waals surface area (Å²) >= 11 is 0. The first kappa shape index (κ1) is 16.1. The lowest BCUT2D eigenvalue weighted by Crippen LogP contribution is -2.43. The summed E-state index contributed by atoms with van der Waals surface area (Å²) in [5.74, 6) is -3.92. The number of likely N-dealkylation sites (tertiary alicyclic amines) is 1. The van der Waals surface area contributed by atoms with E-state index in [4.69, 9.17) is 0 Å². The van der Waals surface area contributed by atoms with E-state index in [0.29, 0.717) is 24.9 Å². The van der Waals surface area contributed by atoms with Crippen molar-refractivity contribution in [1.82, 2.24) is 10.2 Å². The van der Waals surface area contributed by atoms with Crippen LogP contribution < -0.4 is 5.32 Å². The molecule has 116 valence electrons. The maximum absolute atomic E-state index is 13.7. The smallest absolute Gasteiger partial charge is 0.256 e. The van der Waals surface area contributed by atoms with Crippen molar-refractivity contribution in [2.24, 2.45) is 11.8 Å². The Hall–Kier alpha value is -1.27. The summed E-state index contributed by atoms with van der Waals surface area (Å²) in [5.41, 5.74) is -0.395. The number of amides is 1. The van der Waals surface area contributed by atoms with Crippen LogP contribution in [0, 0.1) is 29.3 Å². The largest absolute Gasteiger partial charge is 0.338 e. The van der Waals surface area contributed by atoms with E-state index in [0.717, 1.165) is 31.6 Å². The van der Waals surface area contributed by atoms with Gasteiger partial charge in [0, 0.05) is 13.1 Å². The van der Waals surface area contributed by atoms with Gasteiger partial charge in [-0.2, -0.15) is 0 Å². The van der Waals surface area contributed by atoms with Crippen LogP contribution in [0.4, 0.5) is 13.2 Å². The minimum absolute atomic E-state index is 0. The van der Waals surface area contributed by atoms with E-state index in [9.17, 15) is 18.0 Å². The van der Waals surface area contributed by atoms with Gasteiger partial charge in [-0.25, -0.2) is 13.2 Å². The highest BCUT2D eigenvalue weighted by Crippen LogP contribution is 2.28. The van der Waals surface area contributed by atoms with Gasteiger partial charge >= 0.3 is 0 Å². The van der Waals surface area contributed by atoms with Gasteiger partial charge in [-0.15, -0.1) is 12.4 Å². The molecule has 3 nitrogen and oxygen atoms in total. The van der Waals surface area contributed by atoms with Gasteiger partial charge in [0.1, 0.15) is 0 Å². The summed E-state index contributed by atoms with van der Waals surface area (Å²) in [5, 5.41) is 3.27. The average molecular weight is 321 g/mol. The van der Waals surface area contributed by atoms with E-state index in [1.54, 1.807) is 0 Å². The number of piperidine rings is 1. The van der Waals surface area contributed by atoms with Crippen molar-refractivity contribution in [3.63, 3.8) is 0 Å². The van der Waals surface area contributed by atoms with Gasteiger partial charge in [0.15, 0.2) is 17.5 Å². The maximum atomic E-state index is 13.7. The molecule has 0 aliphatic carbocycles. The third kappa shape index (κ3) is 2.87. The Kier molecular flexibility index (Phi) is 4.78. The molecule has 0 aromatic heterocycles. The van der Waals surface area contributed by atoms with E-state index in [1.807, 2.05) is 0 Å². The van der Waals surface area contributed by atoms with Crippen LogP contribution in [0.1, 0.15) is 16.8 Å². The van der Waals surface area contributed by atoms with Crippen LogP contribution >= 0.6 is 12.4 Å². The van der Waals surface area contributed by atoms with Crippen LogP contribution in [-0.2, 0) is 0 Å². The number of nitrogens with zero attached hydrogens (tertiary/aromatic N) is 1. The van der Waals surface area contributed by atoms with E-state index in [2.05, 4.69) is 5.32 Å². The Morgan fingerprint density at radius 1 is 1.14 bits per heavy atom. The van der Waals surface area contributed by atoms with Gasteiger partial charge in [0.2, 0.25) is 0 Å². The number of halogens is 4. The number of hydrogen-bond acceptors (Lipinski definition) is 2. The third-order valence-corrected chi connectivity index (χ3v) is 4.26. The zero-order valence-electron chi connectivity index (χ0n) is 11.2. The molecule has 1 aromatic carbocycles. The first-order valence-electron chi connectivity index (χ1n) is 6.71. The molecule has 1 N–H and O–H groups in total. The van der Waals surface area contributed by atoms with Crippen molar-refractivity contribution in [1.29, 1.82) is 0 Å². The molecular formula is C14H16ClF3N2O. The molecule has 2 aliphatic rings. The number of carbonyl (C=O) groups is 1. The Bertz CT molecular complexity index is 555. The van der Waals surface area contributed by atoms with Crippen molar-refractivity contribution < 1.29 is 18.0 Å². The molecule has 0 saturated carbocycles. The highest BCUT2D eigenvalue weighted by molar-refractivity contribution is 5.94. The van der Waals surface area contributed by atoms with Crippen molar-refractivity contribution in [2.45, 2.75) is 6.42 Å². The van der Waals surface area contributed by atoms with Crippen molar-refractivity contribution in [2.75, 3.05) is 26.2 Å². The van der Waals surface area contributed by atoms with E-state index in [-0.39, 0.29) is 12.4 Å². The maximum Gasteiger partial charge on any atom is 0.256 e. The minimum atomic E-state index is -1.59. The molecule has 3 rings (SSSR count). The van der Waals surface area contributed by atoms with Crippen LogP contribution in [0.15, 0.2) is 12.1 Å². The summed E-state index contributed by atoms with van der Waals surface area (Å²) in [6.45, 7) is 2.86. The monoisotopic (exact) mass is 320 g/mol. The highest BCUT2D eigenvalue weighted by Gasteiger charge is 2.35. The normalized spacial score (nSPS) is 24.4. The van der Waals surface area contributed by atoms with Crippen molar-refractivity contribution >= 4 is 18.3 Å². The van der Waals surface area contributed by atoms with Gasteiger partial charge in [-0.1, -0.05) is 0 Å². The summed E-state index contributed by atoms with van der Waals surface area (Å²) in [7, 11) is 0. The molecule has 0 spiro atoms. The Morgan fingerprint density at radius 2 is 1.86 bits per heavy atom. The molecule has 2 saturated heterocycles. The lowest BCUT2D eigenvalue weighted by atomic mass is 9.88. The number of hydrogen-bond donors (Lipinski definition) is 1. The van der Waals surface area contributed by atoms with Crippen molar-refractivity contribution in [3.05, 3.63) is 35.1 Å². The van der Waals surface area contributed by atoms with Gasteiger partial charge in [0.25, 0.3) is 5.91 Å². The van der Waals surface area contributed by atoms with Crippen molar-refractivity contribution in [3.8, 4) is 0 Å². The molecule has 0 radical (unpaired) electrons. The zero-order valence-corrected chi connectivity index (χ0v) is 12.1. The SMILES string of the molecule is Cl.O=C(c1ccc(F)c(F)c1F)N1CCC2CNCC2C1. The fourth-order valence-corrected chi connectivity index (χ4v) is 3.08.